The van der Waals surface area contributed by atoms with E-state index in [0.717, 1.165) is 40.1 Å². The fraction of sp³-hybridized carbons (Fsp3) is 0.209. The third-order valence-electron chi connectivity index (χ3n) is 8.40. The zero-order valence-corrected chi connectivity index (χ0v) is 34.4. The molecule has 0 aliphatic heterocycles. The molecule has 7 aromatic rings. The Hall–Kier alpha value is -3.48. The quantitative estimate of drug-likeness (QED) is 0.127. The number of aryl methyl sites for hydroxylation is 1. The Balaban J connectivity index is 0.000000233. The number of thiophene rings is 1. The van der Waals surface area contributed by atoms with E-state index in [4.69, 9.17) is 4.98 Å². The summed E-state index contributed by atoms with van der Waals surface area (Å²) >= 11 is 0.0385. The van der Waals surface area contributed by atoms with Gasteiger partial charge in [0.15, 0.2) is 0 Å². The monoisotopic (exact) mass is 903 g/mol. The largest absolute Gasteiger partial charge is 0 e. The molecular weight excluding hydrogens is 860 g/mol. The summed E-state index contributed by atoms with van der Waals surface area (Å²) in [6.45, 7) is 8.93. The van der Waals surface area contributed by atoms with Gasteiger partial charge in [-0.1, -0.05) is 62.1 Å². The van der Waals surface area contributed by atoms with E-state index < -0.39 is 13.3 Å². The summed E-state index contributed by atoms with van der Waals surface area (Å²) in [4.78, 5) is 9.30. The van der Waals surface area contributed by atoms with Gasteiger partial charge in [-0.2, -0.15) is 11.3 Å². The zero-order chi connectivity index (χ0) is 34.1. The Morgan fingerprint density at radius 2 is 1.53 bits per heavy atom. The van der Waals surface area contributed by atoms with Crippen molar-refractivity contribution in [3.63, 3.8) is 0 Å². The van der Waals surface area contributed by atoms with Crippen LogP contribution in [0.4, 0.5) is 4.39 Å². The summed E-state index contributed by atoms with van der Waals surface area (Å²) in [5, 5.41) is 2.42. The number of halogens is 1. The number of aromatic nitrogens is 2. The van der Waals surface area contributed by atoms with E-state index in [9.17, 15) is 4.39 Å². The number of rotatable bonds is 5. The molecule has 0 N–H and O–H groups in total. The number of nitrogens with zero attached hydrogens (tertiary/aromatic N) is 2. The average molecular weight is 902 g/mol. The average Bonchev–Trinajstić information content (AvgIpc) is 3.44. The topological polar surface area (TPSA) is 25.8 Å². The molecule has 0 spiro atoms. The van der Waals surface area contributed by atoms with E-state index in [2.05, 4.69) is 105 Å². The molecule has 3 heterocycles. The van der Waals surface area contributed by atoms with E-state index in [0.29, 0.717) is 0 Å². The molecule has 1 radical (unpaired) electrons. The van der Waals surface area contributed by atoms with E-state index in [1.165, 1.54) is 41.8 Å². The van der Waals surface area contributed by atoms with Gasteiger partial charge in [-0.3, -0.25) is 0 Å². The van der Waals surface area contributed by atoms with Crippen LogP contribution in [0.3, 0.4) is 0 Å². The minimum Gasteiger partial charge on any atom is 0 e. The van der Waals surface area contributed by atoms with Crippen molar-refractivity contribution in [3.8, 4) is 33.6 Å². The Labute approximate surface area is 310 Å². The predicted octanol–water partition coefficient (Wildman–Crippen LogP) is 11.7. The van der Waals surface area contributed by atoms with E-state index in [-0.39, 0.29) is 31.3 Å². The van der Waals surface area contributed by atoms with Crippen LogP contribution in [0, 0.1) is 30.3 Å². The summed E-state index contributed by atoms with van der Waals surface area (Å²) in [5.41, 5.74) is 8.78. The minimum atomic E-state index is -1.72. The van der Waals surface area contributed by atoms with Gasteiger partial charge in [-0.05, 0) is 69.4 Å². The van der Waals surface area contributed by atoms with Crippen LogP contribution in [-0.2, 0) is 26.5 Å². The molecule has 0 amide bonds. The van der Waals surface area contributed by atoms with Crippen LogP contribution in [0.5, 0.6) is 0 Å². The third kappa shape index (κ3) is 8.82. The predicted molar refractivity (Wildman–Crippen MR) is 206 cm³/mol. The molecule has 49 heavy (non-hydrogen) atoms. The van der Waals surface area contributed by atoms with Gasteiger partial charge in [0.25, 0.3) is 0 Å². The van der Waals surface area contributed by atoms with Gasteiger partial charge in [0.05, 0.1) is 0 Å². The first-order valence-corrected chi connectivity index (χ1v) is 24.5. The molecule has 0 unspecified atom stereocenters. The molecule has 0 saturated carbocycles. The van der Waals surface area contributed by atoms with Crippen molar-refractivity contribution in [2.45, 2.75) is 51.4 Å². The standard InChI is InChI=1S/C29H25FNS.C14H16GeN.Ir/c1-18-17-31-26(14-21(18)16-29(2,3)4)25-10-6-9-24-23-12-11-20(15-27(23)32-28(24)25)19-7-5-8-22(30)13-19;1-15(2,3)13-9-10-14(16-11-13)12-7-5-4-6-8-12;/h5-9,11-15,17H,16H2,1-4H3;4-7,9-11H,1-3H3;/q2*-1;. The zero-order valence-electron chi connectivity index (χ0n) is 29.1. The van der Waals surface area contributed by atoms with Crippen molar-refractivity contribution in [2.75, 3.05) is 0 Å². The van der Waals surface area contributed by atoms with Gasteiger partial charge in [-0.15, -0.1) is 23.8 Å². The van der Waals surface area contributed by atoms with Crippen molar-refractivity contribution in [2.24, 2.45) is 5.41 Å². The first-order valence-electron chi connectivity index (χ1n) is 16.4. The van der Waals surface area contributed by atoms with E-state index in [1.54, 1.807) is 23.5 Å². The van der Waals surface area contributed by atoms with Crippen LogP contribution in [-0.4, -0.2) is 23.2 Å². The Morgan fingerprint density at radius 3 is 2.20 bits per heavy atom. The van der Waals surface area contributed by atoms with Gasteiger partial charge >= 0.3 is 99.8 Å². The van der Waals surface area contributed by atoms with E-state index in [1.807, 2.05) is 48.8 Å². The van der Waals surface area contributed by atoms with Crippen molar-refractivity contribution in [1.82, 2.24) is 9.97 Å². The van der Waals surface area contributed by atoms with Gasteiger partial charge in [0.1, 0.15) is 5.82 Å². The fourth-order valence-corrected chi connectivity index (χ4v) is 9.21. The number of fused-ring (bicyclic) bond motifs is 3. The van der Waals surface area contributed by atoms with Crippen molar-refractivity contribution >= 4 is 49.2 Å². The van der Waals surface area contributed by atoms with Crippen LogP contribution in [0.1, 0.15) is 31.9 Å². The molecule has 7 rings (SSSR count). The molecule has 4 aromatic carbocycles. The number of benzene rings is 4. The maximum atomic E-state index is 13.7. The molecular formula is C43H41FGeIrN2S-2. The van der Waals surface area contributed by atoms with Gasteiger partial charge in [-0.25, -0.2) is 4.39 Å². The first kappa shape index (κ1) is 36.8. The summed E-state index contributed by atoms with van der Waals surface area (Å²) in [7, 11) is 0. The summed E-state index contributed by atoms with van der Waals surface area (Å²) in [6.07, 6.45) is 5.03. The van der Waals surface area contributed by atoms with Crippen LogP contribution in [0.2, 0.25) is 17.3 Å². The smallest absolute Gasteiger partial charge is 0 e. The molecule has 2 nitrogen and oxygen atoms in total. The second-order valence-corrected chi connectivity index (χ2v) is 26.3. The maximum absolute atomic E-state index is 13.7. The molecule has 0 aliphatic carbocycles. The molecule has 3 aromatic heterocycles. The molecule has 6 heteroatoms. The second-order valence-electron chi connectivity index (χ2n) is 14.6. The normalized spacial score (nSPS) is 11.6. The fourth-order valence-electron chi connectivity index (χ4n) is 5.79. The molecule has 0 bridgehead atoms. The Morgan fingerprint density at radius 1 is 0.755 bits per heavy atom. The molecule has 0 aliphatic rings. The summed E-state index contributed by atoms with van der Waals surface area (Å²) in [6, 6.07) is 38.4. The first-order chi connectivity index (χ1) is 22.9. The van der Waals surface area contributed by atoms with Crippen molar-refractivity contribution in [1.29, 1.82) is 0 Å². The SMILES string of the molecule is Cc1cnc(-c2[c-]ccc3c2sc2cc(-c4cccc(F)c4)ccc23)cc1CC(C)(C)C.[CH3][Ge]([CH3])([CH3])[c]1ccc(-c2[c-]cccc2)nc1.[Ir]. The van der Waals surface area contributed by atoms with Crippen LogP contribution in [0.15, 0.2) is 109 Å². The minimum absolute atomic E-state index is 0. The summed E-state index contributed by atoms with van der Waals surface area (Å²) < 4.78 is 17.6. The molecule has 0 saturated heterocycles. The van der Waals surface area contributed by atoms with Gasteiger partial charge < -0.3 is 4.98 Å². The molecule has 0 fully saturated rings. The van der Waals surface area contributed by atoms with Crippen LogP contribution in [0.25, 0.3) is 53.8 Å². The number of pyridine rings is 2. The van der Waals surface area contributed by atoms with Crippen molar-refractivity contribution < 1.29 is 24.5 Å². The van der Waals surface area contributed by atoms with Gasteiger partial charge in [0.2, 0.25) is 0 Å². The van der Waals surface area contributed by atoms with Crippen LogP contribution >= 0.6 is 11.3 Å². The number of hydrogen-bond acceptors (Lipinski definition) is 3. The molecule has 0 atom stereocenters. The Kier molecular flexibility index (Phi) is 11.4. The number of hydrogen-bond donors (Lipinski definition) is 0. The maximum Gasteiger partial charge on any atom is 0 e. The third-order valence-corrected chi connectivity index (χ3v) is 13.8. The van der Waals surface area contributed by atoms with Crippen molar-refractivity contribution in [3.05, 3.63) is 139 Å². The van der Waals surface area contributed by atoms with E-state index >= 15 is 0 Å². The summed E-state index contributed by atoms with van der Waals surface area (Å²) in [5.74, 6) is 6.93. The van der Waals surface area contributed by atoms with Gasteiger partial charge in [0, 0.05) is 31.0 Å². The second kappa shape index (κ2) is 15.2. The Bertz CT molecular complexity index is 2200. The molecule has 251 valence electrons. The van der Waals surface area contributed by atoms with Crippen LogP contribution < -0.4 is 4.40 Å².